The SMILES string of the molecule is CNS(=O)(=O)Cc1cc(Br)c(Br)o1. The summed E-state index contributed by atoms with van der Waals surface area (Å²) in [4.78, 5) is 0. The molecule has 0 saturated heterocycles. The Kier molecular flexibility index (Phi) is 3.56. The van der Waals surface area contributed by atoms with Crippen LogP contribution in [-0.2, 0) is 15.8 Å². The number of sulfonamides is 1. The van der Waals surface area contributed by atoms with E-state index in [1.54, 1.807) is 6.07 Å². The Balaban J connectivity index is 2.87. The minimum atomic E-state index is -3.26. The van der Waals surface area contributed by atoms with E-state index in [1.807, 2.05) is 0 Å². The van der Waals surface area contributed by atoms with Gasteiger partial charge in [0, 0.05) is 0 Å². The van der Waals surface area contributed by atoms with Crippen LogP contribution in [-0.4, -0.2) is 15.5 Å². The van der Waals surface area contributed by atoms with Gasteiger partial charge in [-0.25, -0.2) is 13.1 Å². The van der Waals surface area contributed by atoms with Crippen molar-refractivity contribution in [3.8, 4) is 0 Å². The fraction of sp³-hybridized carbons (Fsp3) is 0.333. The van der Waals surface area contributed by atoms with Gasteiger partial charge in [0.25, 0.3) is 0 Å². The molecular formula is C6H7Br2NO3S. The molecule has 0 aromatic carbocycles. The maximum atomic E-state index is 11.1. The van der Waals surface area contributed by atoms with E-state index in [0.29, 0.717) is 14.9 Å². The van der Waals surface area contributed by atoms with Crippen molar-refractivity contribution in [2.45, 2.75) is 5.75 Å². The van der Waals surface area contributed by atoms with Gasteiger partial charge in [0.2, 0.25) is 10.0 Å². The average Bonchev–Trinajstić information content (AvgIpc) is 2.30. The summed E-state index contributed by atoms with van der Waals surface area (Å²) in [6, 6.07) is 1.61. The molecule has 1 heterocycles. The Labute approximate surface area is 93.0 Å². The zero-order chi connectivity index (χ0) is 10.1. The van der Waals surface area contributed by atoms with Gasteiger partial charge in [0.1, 0.15) is 11.5 Å². The molecule has 0 spiro atoms. The van der Waals surface area contributed by atoms with E-state index in [2.05, 4.69) is 36.6 Å². The van der Waals surface area contributed by atoms with Crippen LogP contribution in [0.2, 0.25) is 0 Å². The highest BCUT2D eigenvalue weighted by Crippen LogP contribution is 2.27. The summed E-state index contributed by atoms with van der Waals surface area (Å²) in [6.45, 7) is 0. The van der Waals surface area contributed by atoms with E-state index >= 15 is 0 Å². The fourth-order valence-corrected chi connectivity index (χ4v) is 2.04. The fourth-order valence-electron chi connectivity index (χ4n) is 0.722. The number of nitrogens with one attached hydrogen (secondary N) is 1. The van der Waals surface area contributed by atoms with Crippen molar-refractivity contribution in [2.24, 2.45) is 0 Å². The second-order valence-corrected chi connectivity index (χ2v) is 5.80. The number of hydrogen-bond acceptors (Lipinski definition) is 3. The van der Waals surface area contributed by atoms with Crippen LogP contribution in [0.15, 0.2) is 19.6 Å². The predicted octanol–water partition coefficient (Wildman–Crippen LogP) is 1.85. The lowest BCUT2D eigenvalue weighted by molar-refractivity contribution is 0.497. The lowest BCUT2D eigenvalue weighted by atomic mass is 10.5. The zero-order valence-electron chi connectivity index (χ0n) is 6.67. The number of furan rings is 1. The first-order valence-electron chi connectivity index (χ1n) is 3.29. The number of hydrogen-bond donors (Lipinski definition) is 1. The van der Waals surface area contributed by atoms with Gasteiger partial charge in [0.15, 0.2) is 4.67 Å². The summed E-state index contributed by atoms with van der Waals surface area (Å²) >= 11 is 6.31. The first kappa shape index (κ1) is 11.2. The van der Waals surface area contributed by atoms with Crippen LogP contribution in [0.3, 0.4) is 0 Å². The smallest absolute Gasteiger partial charge is 0.218 e. The third-order valence-electron chi connectivity index (χ3n) is 1.34. The van der Waals surface area contributed by atoms with Gasteiger partial charge >= 0.3 is 0 Å². The van der Waals surface area contributed by atoms with Crippen molar-refractivity contribution in [3.05, 3.63) is 21.0 Å². The Morgan fingerprint density at radius 2 is 2.15 bits per heavy atom. The molecule has 1 aromatic heterocycles. The van der Waals surface area contributed by atoms with Gasteiger partial charge in [-0.1, -0.05) is 0 Å². The van der Waals surface area contributed by atoms with Crippen molar-refractivity contribution in [3.63, 3.8) is 0 Å². The lowest BCUT2D eigenvalue weighted by Gasteiger charge is -1.97. The predicted molar refractivity (Wildman–Crippen MR) is 55.8 cm³/mol. The second-order valence-electron chi connectivity index (χ2n) is 2.30. The molecule has 0 aliphatic heterocycles. The quantitative estimate of drug-likeness (QED) is 0.919. The van der Waals surface area contributed by atoms with Crippen molar-refractivity contribution in [2.75, 3.05) is 7.05 Å². The van der Waals surface area contributed by atoms with Crippen molar-refractivity contribution in [1.82, 2.24) is 4.72 Å². The van der Waals surface area contributed by atoms with Crippen LogP contribution < -0.4 is 4.72 Å². The van der Waals surface area contributed by atoms with E-state index < -0.39 is 10.0 Å². The van der Waals surface area contributed by atoms with Crippen molar-refractivity contribution >= 4 is 41.9 Å². The second kappa shape index (κ2) is 4.12. The largest absolute Gasteiger partial charge is 0.452 e. The van der Waals surface area contributed by atoms with E-state index in [4.69, 9.17) is 4.42 Å². The number of rotatable bonds is 3. The van der Waals surface area contributed by atoms with Gasteiger partial charge in [0.05, 0.1) is 4.47 Å². The maximum absolute atomic E-state index is 11.1. The molecule has 0 radical (unpaired) electrons. The molecular weight excluding hydrogens is 326 g/mol. The highest BCUT2D eigenvalue weighted by Gasteiger charge is 2.13. The standard InChI is InChI=1S/C6H7Br2NO3S/c1-9-13(10,11)3-4-2-5(7)6(8)12-4/h2,9H,3H2,1H3. The Morgan fingerprint density at radius 1 is 1.54 bits per heavy atom. The molecule has 0 aliphatic rings. The summed E-state index contributed by atoms with van der Waals surface area (Å²) in [5, 5.41) is 0. The highest BCUT2D eigenvalue weighted by atomic mass is 79.9. The molecule has 13 heavy (non-hydrogen) atoms. The Hall–Kier alpha value is 0.150. The average molecular weight is 333 g/mol. The lowest BCUT2D eigenvalue weighted by Crippen LogP contribution is -2.20. The zero-order valence-corrected chi connectivity index (χ0v) is 10.7. The van der Waals surface area contributed by atoms with Crippen LogP contribution >= 0.6 is 31.9 Å². The molecule has 74 valence electrons. The molecule has 4 nitrogen and oxygen atoms in total. The molecule has 0 bridgehead atoms. The monoisotopic (exact) mass is 331 g/mol. The van der Waals surface area contributed by atoms with Crippen LogP contribution in [0.25, 0.3) is 0 Å². The van der Waals surface area contributed by atoms with Crippen LogP contribution in [0.4, 0.5) is 0 Å². The van der Waals surface area contributed by atoms with E-state index in [1.165, 1.54) is 7.05 Å². The summed E-state index contributed by atoms with van der Waals surface area (Å²) in [6.07, 6.45) is 0. The summed E-state index contributed by atoms with van der Waals surface area (Å²) in [5.74, 6) is 0.223. The molecule has 1 rings (SSSR count). The van der Waals surface area contributed by atoms with Crippen molar-refractivity contribution in [1.29, 1.82) is 0 Å². The van der Waals surface area contributed by atoms with Gasteiger partial charge < -0.3 is 4.42 Å². The third kappa shape index (κ3) is 3.08. The van der Waals surface area contributed by atoms with Gasteiger partial charge in [-0.3, -0.25) is 0 Å². The molecule has 0 atom stereocenters. The molecule has 7 heteroatoms. The first-order valence-corrected chi connectivity index (χ1v) is 6.53. The van der Waals surface area contributed by atoms with E-state index in [0.717, 1.165) is 0 Å². The number of halogens is 2. The third-order valence-corrected chi connectivity index (χ3v) is 4.34. The minimum absolute atomic E-state index is 0.159. The van der Waals surface area contributed by atoms with E-state index in [9.17, 15) is 8.42 Å². The highest BCUT2D eigenvalue weighted by molar-refractivity contribution is 9.13. The van der Waals surface area contributed by atoms with Crippen LogP contribution in [0.1, 0.15) is 5.76 Å². The molecule has 1 aromatic rings. The molecule has 0 amide bonds. The Bertz CT molecular complexity index is 379. The minimum Gasteiger partial charge on any atom is -0.452 e. The van der Waals surface area contributed by atoms with Crippen LogP contribution in [0.5, 0.6) is 0 Å². The molecule has 0 aliphatic carbocycles. The molecule has 0 fully saturated rings. The summed E-state index contributed by atoms with van der Waals surface area (Å²) in [7, 11) is -1.90. The topological polar surface area (TPSA) is 59.3 Å². The van der Waals surface area contributed by atoms with Gasteiger partial charge in [-0.2, -0.15) is 0 Å². The maximum Gasteiger partial charge on any atom is 0.218 e. The molecule has 0 saturated carbocycles. The van der Waals surface area contributed by atoms with Crippen LogP contribution in [0, 0.1) is 0 Å². The normalized spacial score (nSPS) is 11.9. The van der Waals surface area contributed by atoms with Gasteiger partial charge in [-0.15, -0.1) is 0 Å². The van der Waals surface area contributed by atoms with Crippen molar-refractivity contribution < 1.29 is 12.8 Å². The van der Waals surface area contributed by atoms with E-state index in [-0.39, 0.29) is 5.75 Å². The summed E-state index contributed by atoms with van der Waals surface area (Å²) in [5.41, 5.74) is 0. The Morgan fingerprint density at radius 3 is 2.54 bits per heavy atom. The summed E-state index contributed by atoms with van der Waals surface area (Å²) < 4.78 is 30.7. The first-order chi connectivity index (χ1) is 5.94. The molecule has 0 unspecified atom stereocenters. The molecule has 1 N–H and O–H groups in total. The van der Waals surface area contributed by atoms with Gasteiger partial charge in [-0.05, 0) is 45.0 Å².